The van der Waals surface area contributed by atoms with E-state index < -0.39 is 5.60 Å². The number of hydrogen-bond donors (Lipinski definition) is 2. The van der Waals surface area contributed by atoms with Gasteiger partial charge >= 0.3 is 6.09 Å². The second-order valence-corrected chi connectivity index (χ2v) is 4.88. The number of nitrogens with two attached hydrogens (primary N) is 1. The van der Waals surface area contributed by atoms with Crippen molar-refractivity contribution in [3.05, 3.63) is 0 Å². The highest BCUT2D eigenvalue weighted by Crippen LogP contribution is 2.31. The van der Waals surface area contributed by atoms with Crippen molar-refractivity contribution in [2.45, 2.75) is 45.3 Å². The Morgan fingerprint density at radius 3 is 2.57 bits per heavy atom. The van der Waals surface area contributed by atoms with E-state index in [1.807, 2.05) is 20.8 Å². The van der Waals surface area contributed by atoms with Gasteiger partial charge in [-0.05, 0) is 39.5 Å². The quantitative estimate of drug-likeness (QED) is 0.720. The van der Waals surface area contributed by atoms with Crippen LogP contribution in [0.4, 0.5) is 4.79 Å². The highest BCUT2D eigenvalue weighted by atomic mass is 16.6. The van der Waals surface area contributed by atoms with Crippen LogP contribution < -0.4 is 11.1 Å². The van der Waals surface area contributed by atoms with E-state index in [1.165, 1.54) is 12.8 Å². The molecule has 1 atom stereocenters. The molecule has 0 saturated heterocycles. The van der Waals surface area contributed by atoms with E-state index in [9.17, 15) is 4.79 Å². The highest BCUT2D eigenvalue weighted by Gasteiger charge is 2.28. The van der Waals surface area contributed by atoms with E-state index in [4.69, 9.17) is 10.5 Å². The Hall–Kier alpha value is -0.770. The van der Waals surface area contributed by atoms with Crippen molar-refractivity contribution in [3.63, 3.8) is 0 Å². The molecular weight excluding hydrogens is 180 g/mol. The van der Waals surface area contributed by atoms with E-state index in [0.717, 1.165) is 0 Å². The third kappa shape index (κ3) is 4.46. The van der Waals surface area contributed by atoms with E-state index in [0.29, 0.717) is 12.5 Å². The summed E-state index contributed by atoms with van der Waals surface area (Å²) in [4.78, 5) is 11.2. The van der Waals surface area contributed by atoms with Crippen molar-refractivity contribution < 1.29 is 9.53 Å². The zero-order valence-corrected chi connectivity index (χ0v) is 9.17. The molecule has 0 aromatic carbocycles. The van der Waals surface area contributed by atoms with Gasteiger partial charge in [0, 0.05) is 12.6 Å². The Labute approximate surface area is 85.2 Å². The van der Waals surface area contributed by atoms with Crippen molar-refractivity contribution >= 4 is 6.09 Å². The molecule has 0 heterocycles. The first-order valence-corrected chi connectivity index (χ1v) is 5.11. The molecule has 1 amide bonds. The summed E-state index contributed by atoms with van der Waals surface area (Å²) < 4.78 is 5.08. The van der Waals surface area contributed by atoms with Crippen molar-refractivity contribution in [2.75, 3.05) is 6.54 Å². The van der Waals surface area contributed by atoms with Crippen molar-refractivity contribution in [1.29, 1.82) is 0 Å². The molecule has 1 aliphatic carbocycles. The Kier molecular flexibility index (Phi) is 3.37. The summed E-state index contributed by atoms with van der Waals surface area (Å²) in [5, 5.41) is 2.67. The van der Waals surface area contributed by atoms with Gasteiger partial charge in [0.1, 0.15) is 5.60 Å². The van der Waals surface area contributed by atoms with Crippen LogP contribution >= 0.6 is 0 Å². The minimum absolute atomic E-state index is 0.0857. The van der Waals surface area contributed by atoms with Crippen LogP contribution in [0.25, 0.3) is 0 Å². The van der Waals surface area contributed by atoms with Crippen LogP contribution in [0.5, 0.6) is 0 Å². The smallest absolute Gasteiger partial charge is 0.407 e. The molecule has 3 N–H and O–H groups in total. The van der Waals surface area contributed by atoms with Gasteiger partial charge in [-0.3, -0.25) is 0 Å². The van der Waals surface area contributed by atoms with Crippen molar-refractivity contribution in [1.82, 2.24) is 5.32 Å². The first-order valence-electron chi connectivity index (χ1n) is 5.11. The lowest BCUT2D eigenvalue weighted by Gasteiger charge is -2.20. The van der Waals surface area contributed by atoms with Gasteiger partial charge in [0.05, 0.1) is 0 Å². The van der Waals surface area contributed by atoms with Gasteiger partial charge in [-0.25, -0.2) is 4.79 Å². The number of ether oxygens (including phenoxy) is 1. The standard InChI is InChI=1S/C10H20N2O2/c1-10(2,3)14-9(13)12-6-8(11)7-4-5-7/h7-8H,4-6,11H2,1-3H3,(H,12,13)/t8-/m1/s1. The molecule has 0 aromatic rings. The van der Waals surface area contributed by atoms with Gasteiger partial charge in [-0.15, -0.1) is 0 Å². The first kappa shape index (κ1) is 11.3. The van der Waals surface area contributed by atoms with Gasteiger partial charge < -0.3 is 15.8 Å². The highest BCUT2D eigenvalue weighted by molar-refractivity contribution is 5.67. The zero-order chi connectivity index (χ0) is 10.8. The van der Waals surface area contributed by atoms with Crippen molar-refractivity contribution in [3.8, 4) is 0 Å². The average molecular weight is 200 g/mol. The predicted octanol–water partition coefficient (Wildman–Crippen LogP) is 1.25. The van der Waals surface area contributed by atoms with E-state index in [2.05, 4.69) is 5.32 Å². The maximum absolute atomic E-state index is 11.2. The Morgan fingerprint density at radius 1 is 1.57 bits per heavy atom. The van der Waals surface area contributed by atoms with E-state index >= 15 is 0 Å². The third-order valence-electron chi connectivity index (χ3n) is 2.11. The molecular formula is C10H20N2O2. The lowest BCUT2D eigenvalue weighted by molar-refractivity contribution is 0.0523. The number of carbonyl (C=O) groups is 1. The SMILES string of the molecule is CC(C)(C)OC(=O)NC[C@@H](N)C1CC1. The molecule has 0 aliphatic heterocycles. The maximum atomic E-state index is 11.2. The first-order chi connectivity index (χ1) is 6.38. The molecule has 1 aliphatic rings. The minimum Gasteiger partial charge on any atom is -0.444 e. The lowest BCUT2D eigenvalue weighted by Crippen LogP contribution is -2.41. The van der Waals surface area contributed by atoms with Crippen LogP contribution in [0.2, 0.25) is 0 Å². The van der Waals surface area contributed by atoms with Crippen LogP contribution in [0.15, 0.2) is 0 Å². The number of alkyl carbamates (subject to hydrolysis) is 1. The number of amides is 1. The second-order valence-electron chi connectivity index (χ2n) is 4.88. The van der Waals surface area contributed by atoms with E-state index in [-0.39, 0.29) is 12.1 Å². The van der Waals surface area contributed by atoms with Crippen LogP contribution in [-0.4, -0.2) is 24.3 Å². The molecule has 0 radical (unpaired) electrons. The summed E-state index contributed by atoms with van der Waals surface area (Å²) in [6, 6.07) is 0.0857. The van der Waals surface area contributed by atoms with Crippen LogP contribution in [0, 0.1) is 5.92 Å². The molecule has 4 heteroatoms. The average Bonchev–Trinajstić information content (AvgIpc) is 2.78. The van der Waals surface area contributed by atoms with E-state index in [1.54, 1.807) is 0 Å². The summed E-state index contributed by atoms with van der Waals surface area (Å²) in [5.74, 6) is 0.602. The zero-order valence-electron chi connectivity index (χ0n) is 9.17. The molecule has 1 rings (SSSR count). The number of hydrogen-bond acceptors (Lipinski definition) is 3. The molecule has 1 fully saturated rings. The monoisotopic (exact) mass is 200 g/mol. The summed E-state index contributed by atoms with van der Waals surface area (Å²) in [7, 11) is 0. The Balaban J connectivity index is 2.14. The normalized spacial score (nSPS) is 18.9. The molecule has 0 spiro atoms. The molecule has 0 bridgehead atoms. The summed E-state index contributed by atoms with van der Waals surface area (Å²) in [6.07, 6.45) is 2.00. The summed E-state index contributed by atoms with van der Waals surface area (Å²) in [6.45, 7) is 6.04. The fraction of sp³-hybridized carbons (Fsp3) is 0.900. The molecule has 14 heavy (non-hydrogen) atoms. The predicted molar refractivity (Wildman–Crippen MR) is 54.9 cm³/mol. The van der Waals surface area contributed by atoms with Crippen LogP contribution in [0.3, 0.4) is 0 Å². The topological polar surface area (TPSA) is 64.3 Å². The lowest BCUT2D eigenvalue weighted by atomic mass is 10.2. The number of carbonyl (C=O) groups excluding carboxylic acids is 1. The summed E-state index contributed by atoms with van der Waals surface area (Å²) >= 11 is 0. The van der Waals surface area contributed by atoms with Crippen LogP contribution in [-0.2, 0) is 4.74 Å². The Morgan fingerprint density at radius 2 is 2.14 bits per heavy atom. The third-order valence-corrected chi connectivity index (χ3v) is 2.11. The minimum atomic E-state index is -0.437. The van der Waals surface area contributed by atoms with Crippen molar-refractivity contribution in [2.24, 2.45) is 11.7 Å². The number of nitrogens with one attached hydrogen (secondary N) is 1. The number of rotatable bonds is 3. The molecule has 0 unspecified atom stereocenters. The van der Waals surface area contributed by atoms with Gasteiger partial charge in [-0.1, -0.05) is 0 Å². The molecule has 1 saturated carbocycles. The second kappa shape index (κ2) is 4.17. The van der Waals surface area contributed by atoms with Crippen LogP contribution in [0.1, 0.15) is 33.6 Å². The Bertz CT molecular complexity index is 207. The van der Waals surface area contributed by atoms with Gasteiger partial charge in [0.15, 0.2) is 0 Å². The van der Waals surface area contributed by atoms with Gasteiger partial charge in [0.25, 0.3) is 0 Å². The molecule has 82 valence electrons. The fourth-order valence-electron chi connectivity index (χ4n) is 1.21. The van der Waals surface area contributed by atoms with Gasteiger partial charge in [0.2, 0.25) is 0 Å². The summed E-state index contributed by atoms with van der Waals surface area (Å²) in [5.41, 5.74) is 5.38. The molecule has 4 nitrogen and oxygen atoms in total. The van der Waals surface area contributed by atoms with Gasteiger partial charge in [-0.2, -0.15) is 0 Å². The largest absolute Gasteiger partial charge is 0.444 e. The fourth-order valence-corrected chi connectivity index (χ4v) is 1.21. The molecule has 0 aromatic heterocycles. The maximum Gasteiger partial charge on any atom is 0.407 e.